The summed E-state index contributed by atoms with van der Waals surface area (Å²) in [5.41, 5.74) is 0.821. The van der Waals surface area contributed by atoms with Crippen LogP contribution in [0.5, 0.6) is 0 Å². The Morgan fingerprint density at radius 1 is 1.20 bits per heavy atom. The Morgan fingerprint density at radius 3 is 2.45 bits per heavy atom. The first-order valence-electron chi connectivity index (χ1n) is 5.53. The molecule has 0 saturated carbocycles. The lowest BCUT2D eigenvalue weighted by molar-refractivity contribution is -0.384. The van der Waals surface area contributed by atoms with E-state index in [0.717, 1.165) is 0 Å². The summed E-state index contributed by atoms with van der Waals surface area (Å²) in [7, 11) is 0. The standard InChI is InChI=1S/C12H10N4O4/c17-12(18)15-9-5-3-8(4-6-9)14-11-10(16(19)20)2-1-7-13-11/h1-7,15H,(H,13,14)(H,17,18). The SMILES string of the molecule is O=C(O)Nc1ccc(Nc2ncccc2[N+](=O)[O-])cc1. The Bertz CT molecular complexity index is 642. The first-order valence-corrected chi connectivity index (χ1v) is 5.53. The van der Waals surface area contributed by atoms with Gasteiger partial charge in [0, 0.05) is 23.6 Å². The summed E-state index contributed by atoms with van der Waals surface area (Å²) in [6, 6.07) is 9.06. The number of nitro groups is 1. The van der Waals surface area contributed by atoms with Gasteiger partial charge in [0.15, 0.2) is 0 Å². The van der Waals surface area contributed by atoms with E-state index in [1.54, 1.807) is 12.1 Å². The molecule has 20 heavy (non-hydrogen) atoms. The second kappa shape index (κ2) is 5.65. The number of carbonyl (C=O) groups is 1. The van der Waals surface area contributed by atoms with E-state index >= 15 is 0 Å². The fourth-order valence-corrected chi connectivity index (χ4v) is 1.54. The predicted octanol–water partition coefficient (Wildman–Crippen LogP) is 2.82. The topological polar surface area (TPSA) is 117 Å². The molecule has 0 aliphatic carbocycles. The summed E-state index contributed by atoms with van der Waals surface area (Å²) in [6.45, 7) is 0. The maximum absolute atomic E-state index is 10.8. The van der Waals surface area contributed by atoms with E-state index in [9.17, 15) is 14.9 Å². The number of nitrogens with one attached hydrogen (secondary N) is 2. The second-order valence-corrected chi connectivity index (χ2v) is 3.76. The van der Waals surface area contributed by atoms with Crippen molar-refractivity contribution < 1.29 is 14.8 Å². The third-order valence-electron chi connectivity index (χ3n) is 2.38. The largest absolute Gasteiger partial charge is 0.465 e. The molecule has 0 aliphatic rings. The molecule has 0 spiro atoms. The molecule has 8 heteroatoms. The molecule has 1 amide bonds. The first kappa shape index (κ1) is 13.3. The zero-order valence-corrected chi connectivity index (χ0v) is 10.1. The third kappa shape index (κ3) is 3.19. The molecule has 102 valence electrons. The minimum absolute atomic E-state index is 0.122. The van der Waals surface area contributed by atoms with Gasteiger partial charge >= 0.3 is 11.8 Å². The Balaban J connectivity index is 2.18. The van der Waals surface area contributed by atoms with Crippen molar-refractivity contribution in [3.05, 3.63) is 52.7 Å². The van der Waals surface area contributed by atoms with Crippen molar-refractivity contribution in [2.45, 2.75) is 0 Å². The summed E-state index contributed by atoms with van der Waals surface area (Å²) in [6.07, 6.45) is 0.279. The van der Waals surface area contributed by atoms with Crippen LogP contribution in [0.1, 0.15) is 0 Å². The lowest BCUT2D eigenvalue weighted by atomic mass is 10.2. The molecule has 0 unspecified atom stereocenters. The highest BCUT2D eigenvalue weighted by molar-refractivity contribution is 5.83. The molecule has 0 fully saturated rings. The summed E-state index contributed by atoms with van der Waals surface area (Å²) < 4.78 is 0. The van der Waals surface area contributed by atoms with Gasteiger partial charge in [-0.1, -0.05) is 0 Å². The van der Waals surface area contributed by atoms with E-state index in [1.165, 1.54) is 30.5 Å². The highest BCUT2D eigenvalue weighted by Gasteiger charge is 2.13. The smallest absolute Gasteiger partial charge is 0.409 e. The van der Waals surface area contributed by atoms with Gasteiger partial charge in [-0.2, -0.15) is 0 Å². The van der Waals surface area contributed by atoms with Crippen LogP contribution in [0, 0.1) is 10.1 Å². The van der Waals surface area contributed by atoms with Crippen LogP contribution in [-0.4, -0.2) is 21.1 Å². The Labute approximate surface area is 113 Å². The number of amides is 1. The maximum atomic E-state index is 10.8. The molecule has 1 aromatic carbocycles. The Morgan fingerprint density at radius 2 is 1.85 bits per heavy atom. The van der Waals surface area contributed by atoms with Crippen LogP contribution in [0.4, 0.5) is 27.7 Å². The van der Waals surface area contributed by atoms with Crippen LogP contribution in [0.2, 0.25) is 0 Å². The van der Waals surface area contributed by atoms with Gasteiger partial charge in [-0.15, -0.1) is 0 Å². The van der Waals surface area contributed by atoms with Crippen LogP contribution in [0.3, 0.4) is 0 Å². The van der Waals surface area contributed by atoms with Gasteiger partial charge in [0.1, 0.15) is 0 Å². The minimum atomic E-state index is -1.16. The minimum Gasteiger partial charge on any atom is -0.465 e. The predicted molar refractivity (Wildman–Crippen MR) is 72.3 cm³/mol. The average molecular weight is 274 g/mol. The number of carboxylic acid groups (broad SMARTS) is 1. The van der Waals surface area contributed by atoms with Gasteiger partial charge < -0.3 is 10.4 Å². The summed E-state index contributed by atoms with van der Waals surface area (Å²) in [5.74, 6) is 0.122. The van der Waals surface area contributed by atoms with Crippen molar-refractivity contribution in [2.24, 2.45) is 0 Å². The normalized spacial score (nSPS) is 9.80. The summed E-state index contributed by atoms with van der Waals surface area (Å²) in [5, 5.41) is 24.4. The number of anilines is 3. The van der Waals surface area contributed by atoms with Crippen molar-refractivity contribution in [2.75, 3.05) is 10.6 Å². The number of aromatic nitrogens is 1. The average Bonchev–Trinajstić information content (AvgIpc) is 2.41. The van der Waals surface area contributed by atoms with E-state index in [0.29, 0.717) is 11.4 Å². The number of benzene rings is 1. The molecule has 3 N–H and O–H groups in total. The molecular formula is C12H10N4O4. The van der Waals surface area contributed by atoms with Crippen LogP contribution < -0.4 is 10.6 Å². The number of nitrogens with zero attached hydrogens (tertiary/aromatic N) is 2. The fraction of sp³-hybridized carbons (Fsp3) is 0. The molecular weight excluding hydrogens is 264 g/mol. The number of hydrogen-bond donors (Lipinski definition) is 3. The fourth-order valence-electron chi connectivity index (χ4n) is 1.54. The maximum Gasteiger partial charge on any atom is 0.409 e. The van der Waals surface area contributed by atoms with Gasteiger partial charge in [-0.3, -0.25) is 15.4 Å². The zero-order chi connectivity index (χ0) is 14.5. The van der Waals surface area contributed by atoms with Crippen molar-refractivity contribution in [3.63, 3.8) is 0 Å². The van der Waals surface area contributed by atoms with E-state index in [1.807, 2.05) is 0 Å². The molecule has 0 saturated heterocycles. The molecule has 0 radical (unpaired) electrons. The van der Waals surface area contributed by atoms with Crippen LogP contribution >= 0.6 is 0 Å². The molecule has 1 aromatic heterocycles. The molecule has 0 aliphatic heterocycles. The summed E-state index contributed by atoms with van der Waals surface area (Å²) in [4.78, 5) is 24.7. The Hall–Kier alpha value is -3.16. The van der Waals surface area contributed by atoms with Crippen LogP contribution in [0.15, 0.2) is 42.6 Å². The quantitative estimate of drug-likeness (QED) is 0.582. The van der Waals surface area contributed by atoms with Crippen LogP contribution in [0.25, 0.3) is 0 Å². The highest BCUT2D eigenvalue weighted by Crippen LogP contribution is 2.25. The van der Waals surface area contributed by atoms with Gasteiger partial charge in [0.2, 0.25) is 5.82 Å². The Kier molecular flexibility index (Phi) is 3.75. The van der Waals surface area contributed by atoms with Gasteiger partial charge in [0.05, 0.1) is 4.92 Å². The van der Waals surface area contributed by atoms with Crippen LogP contribution in [-0.2, 0) is 0 Å². The van der Waals surface area contributed by atoms with E-state index in [4.69, 9.17) is 5.11 Å². The van der Waals surface area contributed by atoms with Crippen molar-refractivity contribution in [1.82, 2.24) is 4.98 Å². The number of hydrogen-bond acceptors (Lipinski definition) is 5. The monoisotopic (exact) mass is 274 g/mol. The van der Waals surface area contributed by atoms with Gasteiger partial charge in [-0.25, -0.2) is 9.78 Å². The van der Waals surface area contributed by atoms with E-state index < -0.39 is 11.0 Å². The third-order valence-corrected chi connectivity index (χ3v) is 2.38. The van der Waals surface area contributed by atoms with Crippen molar-refractivity contribution >= 4 is 29.0 Å². The van der Waals surface area contributed by atoms with Crippen molar-refractivity contribution in [3.8, 4) is 0 Å². The number of rotatable bonds is 4. The number of pyridine rings is 1. The summed E-state index contributed by atoms with van der Waals surface area (Å²) >= 11 is 0. The molecule has 1 heterocycles. The van der Waals surface area contributed by atoms with Crippen molar-refractivity contribution in [1.29, 1.82) is 0 Å². The van der Waals surface area contributed by atoms with Gasteiger partial charge in [-0.05, 0) is 30.3 Å². The lowest BCUT2D eigenvalue weighted by Gasteiger charge is -2.07. The van der Waals surface area contributed by atoms with E-state index in [-0.39, 0.29) is 11.5 Å². The highest BCUT2D eigenvalue weighted by atomic mass is 16.6. The van der Waals surface area contributed by atoms with Gasteiger partial charge in [0.25, 0.3) is 0 Å². The second-order valence-electron chi connectivity index (χ2n) is 3.76. The molecule has 0 bridgehead atoms. The molecule has 8 nitrogen and oxygen atoms in total. The first-order chi connectivity index (χ1) is 9.56. The van der Waals surface area contributed by atoms with E-state index in [2.05, 4.69) is 15.6 Å². The molecule has 2 aromatic rings. The lowest BCUT2D eigenvalue weighted by Crippen LogP contribution is -2.07. The molecule has 0 atom stereocenters. The zero-order valence-electron chi connectivity index (χ0n) is 10.1. The molecule has 2 rings (SSSR count).